The number of aliphatic hydroxyl groups excluding tert-OH is 1. The highest BCUT2D eigenvalue weighted by atomic mass is 35.5. The quantitative estimate of drug-likeness (QED) is 0.0386. The highest BCUT2D eigenvalue weighted by molar-refractivity contribution is 6.35. The van der Waals surface area contributed by atoms with Gasteiger partial charge < -0.3 is 14.6 Å². The summed E-state index contributed by atoms with van der Waals surface area (Å²) >= 11 is 12.4. The molecule has 4 aromatic rings. The van der Waals surface area contributed by atoms with Crippen LogP contribution in [0, 0.1) is 0 Å². The van der Waals surface area contributed by atoms with Crippen LogP contribution in [0.15, 0.2) is 113 Å². The molecule has 48 heavy (non-hydrogen) atoms. The number of halogens is 2. The number of azide groups is 1. The third kappa shape index (κ3) is 8.55. The number of nitrogens with one attached hydrogen (secondary N) is 2. The molecule has 0 saturated carbocycles. The van der Waals surface area contributed by atoms with Crippen molar-refractivity contribution in [3.8, 4) is 5.75 Å². The van der Waals surface area contributed by atoms with E-state index < -0.39 is 17.6 Å². The zero-order chi connectivity index (χ0) is 33.8. The molecule has 2 atom stereocenters. The Bertz CT molecular complexity index is 1810. The first-order valence-corrected chi connectivity index (χ1v) is 16.1. The zero-order valence-corrected chi connectivity index (χ0v) is 27.4. The summed E-state index contributed by atoms with van der Waals surface area (Å²) in [6.07, 6.45) is 3.64. The lowest BCUT2D eigenvalue weighted by atomic mass is 9.82. The Labute approximate surface area is 288 Å². The van der Waals surface area contributed by atoms with Gasteiger partial charge in [0.15, 0.2) is 11.6 Å². The van der Waals surface area contributed by atoms with Crippen LogP contribution >= 0.6 is 23.2 Å². The molecule has 0 fully saturated rings. The van der Waals surface area contributed by atoms with Crippen LogP contribution in [-0.4, -0.2) is 35.7 Å². The van der Waals surface area contributed by atoms with Gasteiger partial charge in [-0.2, -0.15) is 0 Å². The Morgan fingerprint density at radius 1 is 1.04 bits per heavy atom. The number of hydrogen-bond acceptors (Lipinski definition) is 7. The topological polar surface area (TPSA) is 141 Å². The molecule has 4 aromatic carbocycles. The molecule has 1 aliphatic heterocycles. The first kappa shape index (κ1) is 34.5. The summed E-state index contributed by atoms with van der Waals surface area (Å²) in [5, 5.41) is 13.8. The standard InChI is InChI=1S/C36H34Cl2N6O4/c37-29-16-13-28(32(38)22-29)24-40-43-35(46)36(19-6-10-25-8-2-1-3-9-25)33(31-12-5-4-11-27(31)23-41-44-39)48-34(42-36)26-14-17-30(18-15-26)47-21-7-20-45/h1-6,8-18,22,33,40,45H,7,19-21,23-24H2,(H,43,46)/b10-6+/t33-,36-/m0/s1. The van der Waals surface area contributed by atoms with Gasteiger partial charge in [0.1, 0.15) is 5.75 Å². The zero-order valence-electron chi connectivity index (χ0n) is 25.9. The second kappa shape index (κ2) is 16.8. The van der Waals surface area contributed by atoms with Crippen LogP contribution in [-0.2, 0) is 22.6 Å². The van der Waals surface area contributed by atoms with E-state index in [0.29, 0.717) is 45.5 Å². The number of aliphatic hydroxyl groups is 1. The van der Waals surface area contributed by atoms with Gasteiger partial charge in [-0.15, -0.1) is 0 Å². The van der Waals surface area contributed by atoms with E-state index in [-0.39, 0.29) is 32.0 Å². The third-order valence-corrected chi connectivity index (χ3v) is 8.29. The maximum atomic E-state index is 14.5. The molecule has 0 unspecified atom stereocenters. The van der Waals surface area contributed by atoms with Gasteiger partial charge in [0.25, 0.3) is 5.91 Å². The molecule has 246 valence electrons. The molecule has 5 rings (SSSR count). The van der Waals surface area contributed by atoms with Gasteiger partial charge in [-0.1, -0.05) is 101 Å². The summed E-state index contributed by atoms with van der Waals surface area (Å²) in [5.41, 5.74) is 17.2. The van der Waals surface area contributed by atoms with Crippen molar-refractivity contribution in [2.24, 2.45) is 10.1 Å². The fraction of sp³-hybridized carbons (Fsp3) is 0.222. The van der Waals surface area contributed by atoms with Crippen molar-refractivity contribution in [3.63, 3.8) is 0 Å². The lowest BCUT2D eigenvalue weighted by Crippen LogP contribution is -2.52. The third-order valence-electron chi connectivity index (χ3n) is 7.71. The Hall–Kier alpha value is -4.83. The van der Waals surface area contributed by atoms with Gasteiger partial charge in [-0.25, -0.2) is 10.4 Å². The summed E-state index contributed by atoms with van der Waals surface area (Å²) in [6, 6.07) is 29.5. The summed E-state index contributed by atoms with van der Waals surface area (Å²) < 4.78 is 12.3. The molecule has 0 aromatic heterocycles. The average molecular weight is 686 g/mol. The van der Waals surface area contributed by atoms with Crippen LogP contribution in [0.25, 0.3) is 16.5 Å². The smallest absolute Gasteiger partial charge is 0.266 e. The molecule has 0 aliphatic carbocycles. The number of amides is 1. The maximum absolute atomic E-state index is 14.5. The predicted molar refractivity (Wildman–Crippen MR) is 188 cm³/mol. The number of aliphatic imine (C=N–C) groups is 1. The second-order valence-corrected chi connectivity index (χ2v) is 11.8. The Kier molecular flexibility index (Phi) is 12.1. The molecule has 10 nitrogen and oxygen atoms in total. The van der Waals surface area contributed by atoms with Crippen molar-refractivity contribution in [2.75, 3.05) is 13.2 Å². The van der Waals surface area contributed by atoms with Crippen LogP contribution < -0.4 is 15.6 Å². The fourth-order valence-electron chi connectivity index (χ4n) is 5.27. The van der Waals surface area contributed by atoms with E-state index in [1.54, 1.807) is 30.3 Å². The summed E-state index contributed by atoms with van der Waals surface area (Å²) in [7, 11) is 0. The normalized spacial score (nSPS) is 17.0. The van der Waals surface area contributed by atoms with Crippen molar-refractivity contribution >= 4 is 41.1 Å². The van der Waals surface area contributed by atoms with Crippen LogP contribution in [0.4, 0.5) is 0 Å². The maximum Gasteiger partial charge on any atom is 0.266 e. The van der Waals surface area contributed by atoms with Crippen LogP contribution in [0.2, 0.25) is 10.0 Å². The fourth-order valence-corrected chi connectivity index (χ4v) is 5.74. The van der Waals surface area contributed by atoms with E-state index in [9.17, 15) is 4.79 Å². The summed E-state index contributed by atoms with van der Waals surface area (Å²) in [4.78, 5) is 22.4. The van der Waals surface area contributed by atoms with E-state index in [1.807, 2.05) is 78.9 Å². The first-order valence-electron chi connectivity index (χ1n) is 15.3. The number of carbonyl (C=O) groups excluding carboxylic acids is 1. The van der Waals surface area contributed by atoms with Gasteiger partial charge in [0.05, 0.1) is 13.2 Å². The van der Waals surface area contributed by atoms with E-state index in [0.717, 1.165) is 11.1 Å². The first-order chi connectivity index (χ1) is 23.4. The van der Waals surface area contributed by atoms with E-state index in [2.05, 4.69) is 20.9 Å². The van der Waals surface area contributed by atoms with Crippen molar-refractivity contribution in [2.45, 2.75) is 37.6 Å². The molecule has 0 saturated heterocycles. The lowest BCUT2D eigenvalue weighted by Gasteiger charge is -2.31. The number of hydrogen-bond donors (Lipinski definition) is 3. The number of benzene rings is 4. The Morgan fingerprint density at radius 2 is 1.81 bits per heavy atom. The molecule has 1 aliphatic rings. The van der Waals surface area contributed by atoms with Gasteiger partial charge in [0.2, 0.25) is 5.90 Å². The van der Waals surface area contributed by atoms with E-state index in [4.69, 9.17) is 48.3 Å². The van der Waals surface area contributed by atoms with Crippen LogP contribution in [0.5, 0.6) is 5.75 Å². The van der Waals surface area contributed by atoms with E-state index >= 15 is 0 Å². The van der Waals surface area contributed by atoms with Crippen LogP contribution in [0.3, 0.4) is 0 Å². The number of nitrogens with zero attached hydrogens (tertiary/aromatic N) is 4. The molecule has 0 bridgehead atoms. The van der Waals surface area contributed by atoms with E-state index in [1.165, 1.54) is 0 Å². The highest BCUT2D eigenvalue weighted by Gasteiger charge is 2.53. The minimum absolute atomic E-state index is 0.0374. The molecule has 3 N–H and O–H groups in total. The molecular formula is C36H34Cl2N6O4. The minimum Gasteiger partial charge on any atom is -0.494 e. The molecule has 0 radical (unpaired) electrons. The number of carbonyl (C=O) groups is 1. The van der Waals surface area contributed by atoms with Gasteiger partial charge in [-0.3, -0.25) is 10.2 Å². The number of rotatable bonds is 15. The number of ether oxygens (including phenoxy) is 2. The Morgan fingerprint density at radius 3 is 2.56 bits per heavy atom. The van der Waals surface area contributed by atoms with Crippen molar-refractivity contribution < 1.29 is 19.4 Å². The van der Waals surface area contributed by atoms with Crippen LogP contribution in [0.1, 0.15) is 46.8 Å². The lowest BCUT2D eigenvalue weighted by molar-refractivity contribution is -0.129. The number of hydrazine groups is 1. The second-order valence-electron chi connectivity index (χ2n) is 10.9. The molecule has 1 amide bonds. The van der Waals surface area contributed by atoms with Gasteiger partial charge in [0, 0.05) is 46.5 Å². The monoisotopic (exact) mass is 684 g/mol. The van der Waals surface area contributed by atoms with Gasteiger partial charge >= 0.3 is 0 Å². The van der Waals surface area contributed by atoms with Crippen molar-refractivity contribution in [1.82, 2.24) is 10.9 Å². The minimum atomic E-state index is -1.49. The van der Waals surface area contributed by atoms with Crippen molar-refractivity contribution in [1.29, 1.82) is 0 Å². The Balaban J connectivity index is 1.54. The van der Waals surface area contributed by atoms with Crippen molar-refractivity contribution in [3.05, 3.63) is 151 Å². The predicted octanol–water partition coefficient (Wildman–Crippen LogP) is 7.75. The SMILES string of the molecule is [N-]=[N+]=NCc1ccccc1[C@@H]1OC(c2ccc(OCCCO)cc2)=N[C@]1(C/C=C/c1ccccc1)C(=O)NNCc1ccc(Cl)cc1Cl. The molecule has 1 heterocycles. The summed E-state index contributed by atoms with van der Waals surface area (Å²) in [5.74, 6) is 0.458. The van der Waals surface area contributed by atoms with Gasteiger partial charge in [-0.05, 0) is 64.2 Å². The average Bonchev–Trinajstić information content (AvgIpc) is 3.49. The highest BCUT2D eigenvalue weighted by Crippen LogP contribution is 2.44. The molecule has 12 heteroatoms. The largest absolute Gasteiger partial charge is 0.494 e. The summed E-state index contributed by atoms with van der Waals surface area (Å²) in [6.45, 7) is 0.704. The molecular weight excluding hydrogens is 651 g/mol. The molecule has 0 spiro atoms.